The van der Waals surface area contributed by atoms with E-state index in [2.05, 4.69) is 20.3 Å². The van der Waals surface area contributed by atoms with E-state index in [9.17, 15) is 18.0 Å². The third kappa shape index (κ3) is 6.32. The van der Waals surface area contributed by atoms with Crippen LogP contribution in [0, 0.1) is 0 Å². The van der Waals surface area contributed by atoms with Gasteiger partial charge in [0.05, 0.1) is 17.5 Å². The van der Waals surface area contributed by atoms with Crippen LogP contribution in [-0.4, -0.2) is 22.1 Å². The molecule has 3 heterocycles. The first-order valence-electron chi connectivity index (χ1n) is 13.2. The van der Waals surface area contributed by atoms with Crippen molar-refractivity contribution < 1.29 is 22.4 Å². The largest absolute Gasteiger partial charge is 0.448 e. The number of alkyl halides is 3. The molecule has 0 bridgehead atoms. The number of aliphatic imine (C=N–C) groups is 1. The SMILES string of the molecule is O=C(Nc1ccccc1)c1c(N=Cc2ccc(Sc3nc(-c4ccccc4)cc(C(F)(F)F)n3)o2)sc2c1CCCC2. The van der Waals surface area contributed by atoms with Crippen LogP contribution >= 0.6 is 23.1 Å². The van der Waals surface area contributed by atoms with E-state index in [0.717, 1.165) is 49.1 Å². The number of nitrogens with zero attached hydrogens (tertiary/aromatic N) is 3. The highest BCUT2D eigenvalue weighted by Crippen LogP contribution is 2.40. The minimum Gasteiger partial charge on any atom is -0.448 e. The molecule has 0 saturated heterocycles. The number of furan rings is 1. The van der Waals surface area contributed by atoms with Gasteiger partial charge >= 0.3 is 6.18 Å². The van der Waals surface area contributed by atoms with Crippen molar-refractivity contribution in [2.45, 2.75) is 42.1 Å². The zero-order chi connectivity index (χ0) is 29.1. The van der Waals surface area contributed by atoms with Gasteiger partial charge in [0.25, 0.3) is 5.91 Å². The molecule has 1 N–H and O–H groups in total. The molecule has 0 spiro atoms. The van der Waals surface area contributed by atoms with Gasteiger partial charge in [-0.25, -0.2) is 15.0 Å². The summed E-state index contributed by atoms with van der Waals surface area (Å²) in [4.78, 5) is 27.1. The zero-order valence-corrected chi connectivity index (χ0v) is 23.7. The van der Waals surface area contributed by atoms with Gasteiger partial charge in [-0.2, -0.15) is 13.2 Å². The summed E-state index contributed by atoms with van der Waals surface area (Å²) < 4.78 is 46.6. The number of amides is 1. The summed E-state index contributed by atoms with van der Waals surface area (Å²) in [6.45, 7) is 0. The minimum absolute atomic E-state index is 0.0904. The first-order chi connectivity index (χ1) is 20.3. The van der Waals surface area contributed by atoms with Crippen molar-refractivity contribution in [3.05, 3.63) is 106 Å². The van der Waals surface area contributed by atoms with E-state index in [1.807, 2.05) is 30.3 Å². The summed E-state index contributed by atoms with van der Waals surface area (Å²) in [5.41, 5.74) is 1.99. The lowest BCUT2D eigenvalue weighted by molar-refractivity contribution is -0.141. The first-order valence-corrected chi connectivity index (χ1v) is 14.8. The Balaban J connectivity index is 1.25. The number of anilines is 1. The zero-order valence-electron chi connectivity index (χ0n) is 22.0. The Morgan fingerprint density at radius 2 is 1.71 bits per heavy atom. The smallest absolute Gasteiger partial charge is 0.433 e. The number of aryl methyl sites for hydroxylation is 1. The summed E-state index contributed by atoms with van der Waals surface area (Å²) in [6, 6.07) is 22.1. The Morgan fingerprint density at radius 1 is 0.976 bits per heavy atom. The quantitative estimate of drug-likeness (QED) is 0.148. The molecule has 0 radical (unpaired) electrons. The van der Waals surface area contributed by atoms with Crippen LogP contribution in [0.2, 0.25) is 0 Å². The average molecular weight is 605 g/mol. The first kappa shape index (κ1) is 27.9. The Labute approximate surface area is 247 Å². The lowest BCUT2D eigenvalue weighted by Crippen LogP contribution is -2.14. The molecular weight excluding hydrogens is 581 g/mol. The third-order valence-corrected chi connectivity index (χ3v) is 8.57. The van der Waals surface area contributed by atoms with Gasteiger partial charge in [-0.15, -0.1) is 11.3 Å². The van der Waals surface area contributed by atoms with Crippen LogP contribution in [0.1, 0.15) is 45.1 Å². The van der Waals surface area contributed by atoms with Gasteiger partial charge in [0, 0.05) is 16.1 Å². The second-order valence-corrected chi connectivity index (χ2v) is 11.6. The number of benzene rings is 2. The predicted octanol–water partition coefficient (Wildman–Crippen LogP) is 8.85. The number of rotatable bonds is 7. The third-order valence-electron chi connectivity index (χ3n) is 6.58. The van der Waals surface area contributed by atoms with Gasteiger partial charge in [-0.3, -0.25) is 4.79 Å². The molecule has 0 unspecified atom stereocenters. The summed E-state index contributed by atoms with van der Waals surface area (Å²) in [6.07, 6.45) is 0.697. The van der Waals surface area contributed by atoms with Crippen molar-refractivity contribution in [3.8, 4) is 11.3 Å². The molecule has 6 nitrogen and oxygen atoms in total. The normalized spacial score (nSPS) is 13.3. The second-order valence-electron chi connectivity index (χ2n) is 9.51. The topological polar surface area (TPSA) is 80.4 Å². The van der Waals surface area contributed by atoms with Crippen LogP contribution in [0.4, 0.5) is 23.9 Å². The van der Waals surface area contributed by atoms with Crippen molar-refractivity contribution >= 4 is 45.9 Å². The standard InChI is InChI=1S/C31H23F3N4O2S2/c32-31(33,34)25-17-23(19-9-3-1-4-10-19)37-30(38-25)42-26-16-15-21(40-26)18-35-29-27(22-13-7-8-14-24(22)41-29)28(39)36-20-11-5-2-6-12-20/h1-6,9-12,15-18H,7-8,13-14H2,(H,36,39). The maximum absolute atomic E-state index is 13.6. The fraction of sp³-hybridized carbons (Fsp3) is 0.161. The number of hydrogen-bond acceptors (Lipinski definition) is 7. The van der Waals surface area contributed by atoms with Gasteiger partial charge in [0.15, 0.2) is 10.2 Å². The van der Waals surface area contributed by atoms with E-state index in [4.69, 9.17) is 4.42 Å². The lowest BCUT2D eigenvalue weighted by atomic mass is 9.95. The van der Waals surface area contributed by atoms with Crippen LogP contribution < -0.4 is 5.32 Å². The number of carbonyl (C=O) groups excluding carboxylic acids is 1. The highest BCUT2D eigenvalue weighted by Gasteiger charge is 2.34. The molecule has 5 aromatic rings. The Kier molecular flexibility index (Phi) is 7.94. The molecule has 0 fully saturated rings. The number of nitrogens with one attached hydrogen (secondary N) is 1. The van der Waals surface area contributed by atoms with Gasteiger partial charge < -0.3 is 9.73 Å². The van der Waals surface area contributed by atoms with Gasteiger partial charge in [-0.05, 0) is 73.3 Å². The number of carbonyl (C=O) groups is 1. The van der Waals surface area contributed by atoms with E-state index in [1.165, 1.54) is 22.4 Å². The van der Waals surface area contributed by atoms with E-state index in [0.29, 0.717) is 32.7 Å². The van der Waals surface area contributed by atoms with E-state index < -0.39 is 11.9 Å². The van der Waals surface area contributed by atoms with Crippen molar-refractivity contribution in [2.24, 2.45) is 4.99 Å². The van der Waals surface area contributed by atoms with Crippen LogP contribution in [-0.2, 0) is 19.0 Å². The summed E-state index contributed by atoms with van der Waals surface area (Å²) in [7, 11) is 0. The summed E-state index contributed by atoms with van der Waals surface area (Å²) in [5.74, 6) is 0.174. The number of aromatic nitrogens is 2. The molecule has 3 aromatic heterocycles. The van der Waals surface area contributed by atoms with Gasteiger partial charge in [0.2, 0.25) is 0 Å². The van der Waals surface area contributed by atoms with E-state index in [1.54, 1.807) is 42.5 Å². The fourth-order valence-corrected chi connectivity index (χ4v) is 6.61. The van der Waals surface area contributed by atoms with Crippen molar-refractivity contribution in [3.63, 3.8) is 0 Å². The molecule has 1 aliphatic rings. The Bertz CT molecular complexity index is 1750. The maximum Gasteiger partial charge on any atom is 0.433 e. The lowest BCUT2D eigenvalue weighted by Gasteiger charge is -2.12. The van der Waals surface area contributed by atoms with Crippen LogP contribution in [0.5, 0.6) is 0 Å². The molecule has 212 valence electrons. The van der Waals surface area contributed by atoms with Gasteiger partial charge in [0.1, 0.15) is 16.5 Å². The number of halogens is 3. The van der Waals surface area contributed by atoms with E-state index in [-0.39, 0.29) is 16.8 Å². The van der Waals surface area contributed by atoms with Crippen LogP contribution in [0.25, 0.3) is 11.3 Å². The second kappa shape index (κ2) is 11.9. The maximum atomic E-state index is 13.6. The van der Waals surface area contributed by atoms with Crippen molar-refractivity contribution in [1.82, 2.24) is 9.97 Å². The molecule has 2 aromatic carbocycles. The van der Waals surface area contributed by atoms with E-state index >= 15 is 0 Å². The molecule has 6 rings (SSSR count). The molecule has 42 heavy (non-hydrogen) atoms. The fourth-order valence-electron chi connectivity index (χ4n) is 4.64. The molecule has 0 saturated carbocycles. The van der Waals surface area contributed by atoms with Crippen LogP contribution in [0.3, 0.4) is 0 Å². The van der Waals surface area contributed by atoms with Gasteiger partial charge in [-0.1, -0.05) is 48.5 Å². The van der Waals surface area contributed by atoms with Crippen LogP contribution in [0.15, 0.2) is 98.5 Å². The Morgan fingerprint density at radius 3 is 2.48 bits per heavy atom. The monoisotopic (exact) mass is 604 g/mol. The Hall–Kier alpha value is -4.22. The average Bonchev–Trinajstić information content (AvgIpc) is 3.60. The summed E-state index contributed by atoms with van der Waals surface area (Å²) >= 11 is 2.39. The molecule has 0 aliphatic heterocycles. The molecule has 11 heteroatoms. The highest BCUT2D eigenvalue weighted by molar-refractivity contribution is 7.99. The summed E-state index contributed by atoms with van der Waals surface area (Å²) in [5, 5.41) is 3.78. The molecule has 1 amide bonds. The molecule has 1 aliphatic carbocycles. The highest BCUT2D eigenvalue weighted by atomic mass is 32.2. The molecular formula is C31H23F3N4O2S2. The minimum atomic E-state index is -4.63. The number of fused-ring (bicyclic) bond motifs is 1. The molecule has 0 atom stereocenters. The number of para-hydroxylation sites is 1. The van der Waals surface area contributed by atoms with Crippen molar-refractivity contribution in [1.29, 1.82) is 0 Å². The predicted molar refractivity (Wildman–Crippen MR) is 158 cm³/mol. The number of thiophene rings is 1. The number of hydrogen-bond donors (Lipinski definition) is 1. The van der Waals surface area contributed by atoms with Crippen molar-refractivity contribution in [2.75, 3.05) is 5.32 Å².